The number of hydrogen-bond donors (Lipinski definition) is 2. The van der Waals surface area contributed by atoms with Gasteiger partial charge in [0.05, 0.1) is 0 Å². The number of pyridine rings is 1. The lowest BCUT2D eigenvalue weighted by atomic mass is 10.1. The Bertz CT molecular complexity index is 459. The third-order valence-corrected chi connectivity index (χ3v) is 3.07. The lowest BCUT2D eigenvalue weighted by Crippen LogP contribution is -2.38. The van der Waals surface area contributed by atoms with E-state index in [9.17, 15) is 9.59 Å². The van der Waals surface area contributed by atoms with E-state index in [4.69, 9.17) is 5.11 Å². The molecule has 0 aromatic carbocycles. The zero-order chi connectivity index (χ0) is 13.5. The minimum atomic E-state index is -0.226. The standard InChI is InChI=1S/C12H17BrN2O3/c1-2-10(5-6-16)14-11(17)8-15-7-9(13)3-4-12(15)18/h3-4,7,10,16H,2,5-6,8H2,1H3,(H,14,17). The molecule has 0 bridgehead atoms. The fourth-order valence-corrected chi connectivity index (χ4v) is 1.97. The molecular weight excluding hydrogens is 300 g/mol. The topological polar surface area (TPSA) is 71.3 Å². The molecule has 1 aromatic heterocycles. The molecule has 0 aliphatic carbocycles. The van der Waals surface area contributed by atoms with Crippen LogP contribution < -0.4 is 10.9 Å². The first-order valence-corrected chi connectivity index (χ1v) is 6.62. The van der Waals surface area contributed by atoms with E-state index in [0.717, 1.165) is 10.9 Å². The van der Waals surface area contributed by atoms with E-state index in [1.807, 2.05) is 6.92 Å². The number of aliphatic hydroxyl groups is 1. The van der Waals surface area contributed by atoms with Gasteiger partial charge in [-0.05, 0) is 34.8 Å². The van der Waals surface area contributed by atoms with Gasteiger partial charge in [-0.3, -0.25) is 9.59 Å². The number of amides is 1. The van der Waals surface area contributed by atoms with Crippen molar-refractivity contribution in [3.63, 3.8) is 0 Å². The van der Waals surface area contributed by atoms with Crippen LogP contribution in [0.3, 0.4) is 0 Å². The van der Waals surface area contributed by atoms with Gasteiger partial charge < -0.3 is 15.0 Å². The molecule has 18 heavy (non-hydrogen) atoms. The molecule has 0 fully saturated rings. The average Bonchev–Trinajstić information content (AvgIpc) is 2.33. The van der Waals surface area contributed by atoms with Gasteiger partial charge in [0.1, 0.15) is 6.54 Å². The van der Waals surface area contributed by atoms with Crippen LogP contribution in [0.1, 0.15) is 19.8 Å². The number of carbonyl (C=O) groups excluding carboxylic acids is 1. The van der Waals surface area contributed by atoms with Crippen LogP contribution >= 0.6 is 15.9 Å². The van der Waals surface area contributed by atoms with Crippen molar-refractivity contribution in [2.24, 2.45) is 0 Å². The molecule has 1 aromatic rings. The highest BCUT2D eigenvalue weighted by Gasteiger charge is 2.10. The van der Waals surface area contributed by atoms with Crippen molar-refractivity contribution in [2.75, 3.05) is 6.61 Å². The van der Waals surface area contributed by atoms with Crippen LogP contribution in [0.25, 0.3) is 0 Å². The lowest BCUT2D eigenvalue weighted by molar-refractivity contribution is -0.122. The Morgan fingerprint density at radius 1 is 1.56 bits per heavy atom. The van der Waals surface area contributed by atoms with E-state index in [2.05, 4.69) is 21.2 Å². The Morgan fingerprint density at radius 2 is 2.28 bits per heavy atom. The minimum absolute atomic E-state index is 0.0137. The van der Waals surface area contributed by atoms with Gasteiger partial charge in [-0.2, -0.15) is 0 Å². The van der Waals surface area contributed by atoms with E-state index < -0.39 is 0 Å². The largest absolute Gasteiger partial charge is 0.396 e. The molecular formula is C12H17BrN2O3. The smallest absolute Gasteiger partial charge is 0.251 e. The van der Waals surface area contributed by atoms with Gasteiger partial charge in [0.15, 0.2) is 0 Å². The first-order chi connectivity index (χ1) is 8.56. The summed E-state index contributed by atoms with van der Waals surface area (Å²) in [6.07, 6.45) is 2.85. The maximum Gasteiger partial charge on any atom is 0.251 e. The second-order valence-electron chi connectivity index (χ2n) is 4.00. The number of halogens is 1. The number of nitrogens with one attached hydrogen (secondary N) is 1. The van der Waals surface area contributed by atoms with Crippen LogP contribution in [-0.4, -0.2) is 28.2 Å². The number of aliphatic hydroxyl groups excluding tert-OH is 1. The van der Waals surface area contributed by atoms with Gasteiger partial charge in [0.2, 0.25) is 5.91 Å². The van der Waals surface area contributed by atoms with Crippen molar-refractivity contribution in [1.82, 2.24) is 9.88 Å². The molecule has 2 N–H and O–H groups in total. The number of aromatic nitrogens is 1. The van der Waals surface area contributed by atoms with Crippen molar-refractivity contribution in [1.29, 1.82) is 0 Å². The first-order valence-electron chi connectivity index (χ1n) is 5.83. The maximum absolute atomic E-state index is 11.8. The van der Waals surface area contributed by atoms with Crippen LogP contribution in [0.15, 0.2) is 27.6 Å². The summed E-state index contributed by atoms with van der Waals surface area (Å²) in [4.78, 5) is 23.3. The summed E-state index contributed by atoms with van der Waals surface area (Å²) in [5.74, 6) is -0.226. The maximum atomic E-state index is 11.8. The Kier molecular flexibility index (Phi) is 6.07. The Morgan fingerprint density at radius 3 is 2.89 bits per heavy atom. The summed E-state index contributed by atoms with van der Waals surface area (Å²) in [5.41, 5.74) is -0.219. The Labute approximate surface area is 114 Å². The van der Waals surface area contributed by atoms with Crippen LogP contribution in [0.4, 0.5) is 0 Å². The van der Waals surface area contributed by atoms with Gasteiger partial charge >= 0.3 is 0 Å². The number of carbonyl (C=O) groups is 1. The second kappa shape index (κ2) is 7.33. The van der Waals surface area contributed by atoms with Crippen molar-refractivity contribution in [3.05, 3.63) is 33.2 Å². The fraction of sp³-hybridized carbons (Fsp3) is 0.500. The van der Waals surface area contributed by atoms with E-state index >= 15 is 0 Å². The summed E-state index contributed by atoms with van der Waals surface area (Å²) in [6, 6.07) is 2.99. The summed E-state index contributed by atoms with van der Waals surface area (Å²) in [6.45, 7) is 1.96. The predicted molar refractivity (Wildman–Crippen MR) is 72.3 cm³/mol. The molecule has 1 rings (SSSR count). The van der Waals surface area contributed by atoms with Crippen LogP contribution in [0.5, 0.6) is 0 Å². The second-order valence-corrected chi connectivity index (χ2v) is 4.91. The molecule has 0 aliphatic rings. The molecule has 1 heterocycles. The summed E-state index contributed by atoms with van der Waals surface area (Å²) in [7, 11) is 0. The highest BCUT2D eigenvalue weighted by Crippen LogP contribution is 2.04. The molecule has 0 aliphatic heterocycles. The minimum Gasteiger partial charge on any atom is -0.396 e. The normalized spacial score (nSPS) is 12.2. The van der Waals surface area contributed by atoms with Crippen molar-refractivity contribution in [3.8, 4) is 0 Å². The van der Waals surface area contributed by atoms with E-state index in [0.29, 0.717) is 6.42 Å². The van der Waals surface area contributed by atoms with Gasteiger partial charge in [0, 0.05) is 29.4 Å². The third-order valence-electron chi connectivity index (χ3n) is 2.60. The predicted octanol–water partition coefficient (Wildman–Crippen LogP) is 0.888. The lowest BCUT2D eigenvalue weighted by Gasteiger charge is -2.16. The SMILES string of the molecule is CCC(CCO)NC(=O)Cn1cc(Br)ccc1=O. The van der Waals surface area contributed by atoms with Crippen LogP contribution in [-0.2, 0) is 11.3 Å². The Balaban J connectivity index is 2.64. The zero-order valence-electron chi connectivity index (χ0n) is 10.2. The molecule has 0 saturated heterocycles. The van der Waals surface area contributed by atoms with Crippen LogP contribution in [0, 0.1) is 0 Å². The van der Waals surface area contributed by atoms with E-state index in [1.54, 1.807) is 12.3 Å². The summed E-state index contributed by atoms with van der Waals surface area (Å²) < 4.78 is 2.09. The van der Waals surface area contributed by atoms with E-state index in [-0.39, 0.29) is 30.7 Å². The van der Waals surface area contributed by atoms with Gasteiger partial charge in [-0.1, -0.05) is 6.92 Å². The Hall–Kier alpha value is -1.14. The molecule has 0 radical (unpaired) electrons. The number of rotatable bonds is 6. The number of hydrogen-bond acceptors (Lipinski definition) is 3. The molecule has 0 spiro atoms. The average molecular weight is 317 g/mol. The molecule has 100 valence electrons. The zero-order valence-corrected chi connectivity index (χ0v) is 11.8. The van der Waals surface area contributed by atoms with Gasteiger partial charge in [0.25, 0.3) is 5.56 Å². The third kappa shape index (κ3) is 4.62. The van der Waals surface area contributed by atoms with Gasteiger partial charge in [-0.15, -0.1) is 0 Å². The quantitative estimate of drug-likeness (QED) is 0.818. The highest BCUT2D eigenvalue weighted by atomic mass is 79.9. The molecule has 5 nitrogen and oxygen atoms in total. The monoisotopic (exact) mass is 316 g/mol. The molecule has 1 amide bonds. The summed E-state index contributed by atoms with van der Waals surface area (Å²) >= 11 is 3.25. The summed E-state index contributed by atoms with van der Waals surface area (Å²) in [5, 5.41) is 11.6. The van der Waals surface area contributed by atoms with E-state index in [1.165, 1.54) is 10.6 Å². The van der Waals surface area contributed by atoms with Crippen LogP contribution in [0.2, 0.25) is 0 Å². The van der Waals surface area contributed by atoms with Crippen molar-refractivity contribution < 1.29 is 9.90 Å². The fourth-order valence-electron chi connectivity index (χ4n) is 1.59. The van der Waals surface area contributed by atoms with Crippen molar-refractivity contribution in [2.45, 2.75) is 32.4 Å². The van der Waals surface area contributed by atoms with Gasteiger partial charge in [-0.25, -0.2) is 0 Å². The van der Waals surface area contributed by atoms with Crippen molar-refractivity contribution >= 4 is 21.8 Å². The molecule has 1 atom stereocenters. The first kappa shape index (κ1) is 14.9. The molecule has 0 saturated carbocycles. The molecule has 1 unspecified atom stereocenters. The molecule has 6 heteroatoms. The highest BCUT2D eigenvalue weighted by molar-refractivity contribution is 9.10. The number of nitrogens with zero attached hydrogens (tertiary/aromatic N) is 1.